The van der Waals surface area contributed by atoms with Crippen LogP contribution in [0.3, 0.4) is 0 Å². The minimum atomic E-state index is 0.0151. The Morgan fingerprint density at radius 2 is 2.00 bits per heavy atom. The quantitative estimate of drug-likeness (QED) is 0.791. The second kappa shape index (κ2) is 5.98. The molecule has 1 aromatic heterocycles. The number of carbonyl (C=O) groups excluding carboxylic acids is 1. The number of benzene rings is 1. The van der Waals surface area contributed by atoms with E-state index in [9.17, 15) is 4.79 Å². The molecule has 0 atom stereocenters. The minimum Gasteiger partial charge on any atom is -0.294 e. The summed E-state index contributed by atoms with van der Waals surface area (Å²) in [5, 5.41) is 5.55. The summed E-state index contributed by atoms with van der Waals surface area (Å²) in [6.45, 7) is 6.39. The maximum absolute atomic E-state index is 12.4. The van der Waals surface area contributed by atoms with Gasteiger partial charge in [0, 0.05) is 17.1 Å². The van der Waals surface area contributed by atoms with Crippen molar-refractivity contribution in [2.24, 2.45) is 0 Å². The van der Waals surface area contributed by atoms with Crippen molar-refractivity contribution in [3.05, 3.63) is 50.8 Å². The summed E-state index contributed by atoms with van der Waals surface area (Å²) in [6.07, 6.45) is 0.245. The number of hydrogen-bond donors (Lipinski definition) is 0. The molecule has 0 bridgehead atoms. The van der Waals surface area contributed by atoms with Crippen molar-refractivity contribution in [1.82, 2.24) is 9.78 Å². The maximum atomic E-state index is 12.4. The second-order valence-electron chi connectivity index (χ2n) is 4.73. The second-order valence-corrected chi connectivity index (χ2v) is 5.51. The highest BCUT2D eigenvalue weighted by molar-refractivity contribution is 6.32. The van der Waals surface area contributed by atoms with E-state index in [0.717, 1.165) is 17.0 Å². The molecule has 2 rings (SSSR count). The van der Waals surface area contributed by atoms with E-state index in [0.29, 0.717) is 22.2 Å². The van der Waals surface area contributed by atoms with Crippen LogP contribution in [0.25, 0.3) is 0 Å². The first kappa shape index (κ1) is 15.1. The van der Waals surface area contributed by atoms with Crippen LogP contribution >= 0.6 is 23.2 Å². The lowest BCUT2D eigenvalue weighted by Crippen LogP contribution is -2.10. The zero-order valence-electron chi connectivity index (χ0n) is 11.7. The molecule has 20 heavy (non-hydrogen) atoms. The van der Waals surface area contributed by atoms with Crippen molar-refractivity contribution in [1.29, 1.82) is 0 Å². The van der Waals surface area contributed by atoms with Gasteiger partial charge in [-0.1, -0.05) is 23.2 Å². The zero-order chi connectivity index (χ0) is 14.9. The van der Waals surface area contributed by atoms with Crippen LogP contribution in [0.2, 0.25) is 10.0 Å². The van der Waals surface area contributed by atoms with Crippen LogP contribution < -0.4 is 0 Å². The molecule has 0 fully saturated rings. The highest BCUT2D eigenvalue weighted by Gasteiger charge is 2.17. The minimum absolute atomic E-state index is 0.0151. The summed E-state index contributed by atoms with van der Waals surface area (Å²) < 4.78 is 1.78. The molecule has 0 aliphatic heterocycles. The van der Waals surface area contributed by atoms with E-state index >= 15 is 0 Å². The molecule has 0 saturated heterocycles. The summed E-state index contributed by atoms with van der Waals surface area (Å²) in [5.74, 6) is 0.0151. The molecule has 2 aromatic rings. The van der Waals surface area contributed by atoms with E-state index in [1.807, 2.05) is 20.8 Å². The Morgan fingerprint density at radius 3 is 2.60 bits per heavy atom. The molecule has 0 saturated carbocycles. The largest absolute Gasteiger partial charge is 0.294 e. The van der Waals surface area contributed by atoms with Crippen molar-refractivity contribution >= 4 is 29.0 Å². The zero-order valence-corrected chi connectivity index (χ0v) is 13.2. The molecule has 0 aliphatic carbocycles. The van der Waals surface area contributed by atoms with Crippen molar-refractivity contribution < 1.29 is 4.79 Å². The number of halogens is 2. The van der Waals surface area contributed by atoms with Gasteiger partial charge in [0.05, 0.1) is 22.8 Å². The molecule has 0 radical (unpaired) electrons. The Labute approximate surface area is 128 Å². The third kappa shape index (κ3) is 2.89. The van der Waals surface area contributed by atoms with E-state index in [-0.39, 0.29) is 12.2 Å². The van der Waals surface area contributed by atoms with Crippen molar-refractivity contribution in [3.63, 3.8) is 0 Å². The van der Waals surface area contributed by atoms with Crippen LogP contribution in [0.15, 0.2) is 18.2 Å². The number of ketones is 1. The average Bonchev–Trinajstić information content (AvgIpc) is 2.69. The first-order chi connectivity index (χ1) is 9.43. The Kier molecular flexibility index (Phi) is 4.51. The summed E-state index contributed by atoms with van der Waals surface area (Å²) in [4.78, 5) is 12.4. The highest BCUT2D eigenvalue weighted by Crippen LogP contribution is 2.23. The fraction of sp³-hybridized carbons (Fsp3) is 0.333. The van der Waals surface area contributed by atoms with Gasteiger partial charge in [-0.2, -0.15) is 5.10 Å². The van der Waals surface area contributed by atoms with Crippen LogP contribution in [-0.4, -0.2) is 15.6 Å². The van der Waals surface area contributed by atoms with Crippen LogP contribution in [0.1, 0.15) is 34.2 Å². The molecule has 0 unspecified atom stereocenters. The van der Waals surface area contributed by atoms with Gasteiger partial charge in [0.15, 0.2) is 5.78 Å². The van der Waals surface area contributed by atoms with Gasteiger partial charge in [0.1, 0.15) is 0 Å². The molecule has 1 heterocycles. The Bertz CT molecular complexity index is 662. The van der Waals surface area contributed by atoms with Gasteiger partial charge >= 0.3 is 0 Å². The number of nitrogens with zero attached hydrogens (tertiary/aromatic N) is 2. The number of hydrogen-bond acceptors (Lipinski definition) is 2. The molecule has 0 spiro atoms. The normalized spacial score (nSPS) is 10.8. The number of Topliss-reactive ketones (excluding diaryl/α,β-unsaturated/α-hetero) is 1. The Balaban J connectivity index is 2.30. The Morgan fingerprint density at radius 1 is 1.30 bits per heavy atom. The van der Waals surface area contributed by atoms with Gasteiger partial charge < -0.3 is 0 Å². The van der Waals surface area contributed by atoms with Crippen LogP contribution in [0, 0.1) is 13.8 Å². The number of aryl methyl sites for hydroxylation is 3. The molecule has 1 aromatic carbocycles. The van der Waals surface area contributed by atoms with Crippen LogP contribution in [0.5, 0.6) is 0 Å². The molecule has 106 valence electrons. The summed E-state index contributed by atoms with van der Waals surface area (Å²) in [6, 6.07) is 5.29. The summed E-state index contributed by atoms with van der Waals surface area (Å²) in [7, 11) is 0. The van der Waals surface area contributed by atoms with Gasteiger partial charge in [-0.15, -0.1) is 0 Å². The first-order valence-corrected chi connectivity index (χ1v) is 7.20. The lowest BCUT2D eigenvalue weighted by atomic mass is 10.0. The maximum Gasteiger partial charge on any atom is 0.168 e. The molecule has 5 heteroatoms. The molecular weight excluding hydrogens is 295 g/mol. The van der Waals surface area contributed by atoms with Crippen molar-refractivity contribution in [3.8, 4) is 0 Å². The van der Waals surface area contributed by atoms with Gasteiger partial charge in [-0.05, 0) is 44.5 Å². The SMILES string of the molecule is CCn1nc(C)c(Cl)c1CC(=O)c1ccc(Cl)c(C)c1. The monoisotopic (exact) mass is 310 g/mol. The smallest absolute Gasteiger partial charge is 0.168 e. The molecule has 0 amide bonds. The third-order valence-electron chi connectivity index (χ3n) is 3.26. The predicted octanol–water partition coefficient (Wildman–Crippen LogP) is 4.25. The topological polar surface area (TPSA) is 34.9 Å². The Hall–Kier alpha value is -1.32. The van der Waals surface area contributed by atoms with E-state index in [1.54, 1.807) is 22.9 Å². The first-order valence-electron chi connectivity index (χ1n) is 6.45. The molecule has 0 N–H and O–H groups in total. The highest BCUT2D eigenvalue weighted by atomic mass is 35.5. The predicted molar refractivity (Wildman–Crippen MR) is 81.9 cm³/mol. The van der Waals surface area contributed by atoms with Gasteiger partial charge in [0.2, 0.25) is 0 Å². The van der Waals surface area contributed by atoms with E-state index in [2.05, 4.69) is 5.10 Å². The molecule has 3 nitrogen and oxygen atoms in total. The number of aromatic nitrogens is 2. The van der Waals surface area contributed by atoms with Crippen molar-refractivity contribution in [2.45, 2.75) is 33.7 Å². The lowest BCUT2D eigenvalue weighted by Gasteiger charge is -2.06. The van der Waals surface area contributed by atoms with E-state index < -0.39 is 0 Å². The van der Waals surface area contributed by atoms with Crippen molar-refractivity contribution in [2.75, 3.05) is 0 Å². The number of rotatable bonds is 4. The van der Waals surface area contributed by atoms with Crippen LogP contribution in [0.4, 0.5) is 0 Å². The average molecular weight is 311 g/mol. The van der Waals surface area contributed by atoms with Gasteiger partial charge in [-0.25, -0.2) is 0 Å². The summed E-state index contributed by atoms with van der Waals surface area (Å²) in [5.41, 5.74) is 3.06. The molecular formula is C15H16Cl2N2O. The van der Waals surface area contributed by atoms with Gasteiger partial charge in [-0.3, -0.25) is 9.48 Å². The van der Waals surface area contributed by atoms with E-state index in [4.69, 9.17) is 23.2 Å². The third-order valence-corrected chi connectivity index (χ3v) is 4.18. The lowest BCUT2D eigenvalue weighted by molar-refractivity contribution is 0.0990. The standard InChI is InChI=1S/C15H16Cl2N2O/c1-4-19-13(15(17)10(3)18-19)8-14(20)11-5-6-12(16)9(2)7-11/h5-7H,4,8H2,1-3H3. The fourth-order valence-electron chi connectivity index (χ4n) is 2.11. The van der Waals surface area contributed by atoms with E-state index in [1.165, 1.54) is 0 Å². The number of carbonyl (C=O) groups is 1. The summed E-state index contributed by atoms with van der Waals surface area (Å²) >= 11 is 12.2. The van der Waals surface area contributed by atoms with Crippen LogP contribution in [-0.2, 0) is 13.0 Å². The fourth-order valence-corrected chi connectivity index (χ4v) is 2.43. The molecule has 0 aliphatic rings. The van der Waals surface area contributed by atoms with Gasteiger partial charge in [0.25, 0.3) is 0 Å².